The van der Waals surface area contributed by atoms with Crippen molar-refractivity contribution in [3.8, 4) is 0 Å². The van der Waals surface area contributed by atoms with Crippen LogP contribution in [-0.4, -0.2) is 45.8 Å². The van der Waals surface area contributed by atoms with Crippen molar-refractivity contribution < 1.29 is 23.9 Å². The van der Waals surface area contributed by atoms with E-state index in [-0.39, 0.29) is 37.4 Å². The molecule has 2 aliphatic rings. The van der Waals surface area contributed by atoms with E-state index in [4.69, 9.17) is 4.74 Å². The second kappa shape index (κ2) is 12.0. The Morgan fingerprint density at radius 3 is 2.38 bits per heavy atom. The van der Waals surface area contributed by atoms with Crippen molar-refractivity contribution in [2.45, 2.75) is 78.5 Å². The van der Waals surface area contributed by atoms with E-state index in [0.29, 0.717) is 24.3 Å². The van der Waals surface area contributed by atoms with Gasteiger partial charge in [-0.3, -0.25) is 14.4 Å². The van der Waals surface area contributed by atoms with E-state index in [0.717, 1.165) is 27.8 Å². The Labute approximate surface area is 263 Å². The zero-order valence-electron chi connectivity index (χ0n) is 26.7. The predicted molar refractivity (Wildman–Crippen MR) is 171 cm³/mol. The zero-order valence-corrected chi connectivity index (χ0v) is 26.7. The molecule has 1 aliphatic carbocycles. The van der Waals surface area contributed by atoms with Crippen molar-refractivity contribution in [2.75, 3.05) is 17.2 Å². The minimum atomic E-state index is -0.723. The van der Waals surface area contributed by atoms with E-state index in [1.54, 1.807) is 27.0 Å². The summed E-state index contributed by atoms with van der Waals surface area (Å²) in [6.45, 7) is 11.1. The molecule has 1 aliphatic heterocycles. The smallest absolute Gasteiger partial charge is 0.407 e. The molecule has 1 spiro atoms. The first-order valence-corrected chi connectivity index (χ1v) is 15.2. The number of carbonyl (C=O) groups excluding carboxylic acids is 4. The van der Waals surface area contributed by atoms with E-state index < -0.39 is 22.5 Å². The number of anilines is 2. The van der Waals surface area contributed by atoms with Gasteiger partial charge in [0.25, 0.3) is 0 Å². The minimum Gasteiger partial charge on any atom is -0.444 e. The lowest BCUT2D eigenvalue weighted by Gasteiger charge is -2.30. The summed E-state index contributed by atoms with van der Waals surface area (Å²) < 4.78 is 5.36. The van der Waals surface area contributed by atoms with Gasteiger partial charge in [-0.2, -0.15) is 0 Å². The Bertz CT molecular complexity index is 1650. The number of nitrogens with zero attached hydrogens (tertiary/aromatic N) is 2. The Hall–Kier alpha value is -4.73. The highest BCUT2D eigenvalue weighted by Crippen LogP contribution is 2.47. The Kier molecular flexibility index (Phi) is 8.44. The first-order valence-electron chi connectivity index (χ1n) is 15.2. The fraction of sp³-hybridized carbons (Fsp3) is 0.400. The Morgan fingerprint density at radius 2 is 1.67 bits per heavy atom. The summed E-state index contributed by atoms with van der Waals surface area (Å²) in [5.74, 6) is 0.0336. The maximum Gasteiger partial charge on any atom is 0.407 e. The Balaban J connectivity index is 1.29. The number of ether oxygens (including phenoxy) is 1. The fourth-order valence-corrected chi connectivity index (χ4v) is 5.96. The average Bonchev–Trinajstić information content (AvgIpc) is 3.47. The average molecular weight is 612 g/mol. The lowest BCUT2D eigenvalue weighted by molar-refractivity contribution is -0.142. The number of carbonyl (C=O) groups is 4. The van der Waals surface area contributed by atoms with Crippen molar-refractivity contribution in [1.82, 2.24) is 15.2 Å². The van der Waals surface area contributed by atoms with Crippen LogP contribution in [-0.2, 0) is 50.5 Å². The third-order valence-corrected chi connectivity index (χ3v) is 8.03. The maximum absolute atomic E-state index is 13.5. The molecule has 10 heteroatoms. The molecule has 0 radical (unpaired) electrons. The number of hydrogen-bond donors (Lipinski definition) is 3. The van der Waals surface area contributed by atoms with Gasteiger partial charge in [-0.15, -0.1) is 0 Å². The minimum absolute atomic E-state index is 0.0594. The van der Waals surface area contributed by atoms with Crippen LogP contribution in [0.15, 0.2) is 60.8 Å². The molecule has 236 valence electrons. The summed E-state index contributed by atoms with van der Waals surface area (Å²) in [4.78, 5) is 58.1. The Morgan fingerprint density at radius 1 is 0.956 bits per heavy atom. The van der Waals surface area contributed by atoms with Crippen LogP contribution in [0.2, 0.25) is 0 Å². The molecule has 0 bridgehead atoms. The summed E-state index contributed by atoms with van der Waals surface area (Å²) in [6.07, 6.45) is 2.21. The molecular weight excluding hydrogens is 570 g/mol. The van der Waals surface area contributed by atoms with Gasteiger partial charge < -0.3 is 25.6 Å². The summed E-state index contributed by atoms with van der Waals surface area (Å²) in [6, 6.07) is 17.0. The van der Waals surface area contributed by atoms with Crippen LogP contribution in [0.1, 0.15) is 69.4 Å². The number of rotatable bonds is 7. The molecule has 10 nitrogen and oxygen atoms in total. The molecule has 45 heavy (non-hydrogen) atoms. The number of nitrogens with one attached hydrogen (secondary N) is 3. The van der Waals surface area contributed by atoms with Gasteiger partial charge in [0.15, 0.2) is 0 Å². The third kappa shape index (κ3) is 7.00. The molecule has 2 aromatic carbocycles. The predicted octanol–water partition coefficient (Wildman–Crippen LogP) is 5.11. The summed E-state index contributed by atoms with van der Waals surface area (Å²) in [7, 11) is 0. The first kappa shape index (κ1) is 31.7. The molecule has 1 aromatic heterocycles. The number of pyridine rings is 1. The highest BCUT2D eigenvalue weighted by atomic mass is 16.6. The van der Waals surface area contributed by atoms with Gasteiger partial charge in [-0.05, 0) is 74.1 Å². The second-order valence-corrected chi connectivity index (χ2v) is 13.9. The van der Waals surface area contributed by atoms with Crippen molar-refractivity contribution >= 4 is 35.3 Å². The van der Waals surface area contributed by atoms with Crippen LogP contribution in [0, 0.1) is 5.41 Å². The van der Waals surface area contributed by atoms with Gasteiger partial charge in [0, 0.05) is 36.0 Å². The highest BCUT2D eigenvalue weighted by molar-refractivity contribution is 6.06. The summed E-state index contributed by atoms with van der Waals surface area (Å²) >= 11 is 0. The highest BCUT2D eigenvalue weighted by Gasteiger charge is 2.51. The molecule has 0 saturated heterocycles. The topological polar surface area (TPSA) is 130 Å². The van der Waals surface area contributed by atoms with Gasteiger partial charge in [0.2, 0.25) is 17.7 Å². The second-order valence-electron chi connectivity index (χ2n) is 13.9. The van der Waals surface area contributed by atoms with E-state index >= 15 is 0 Å². The SMILES string of the molecule is CC(C)(C)OC(=O)NCc1ccccc1CN(CC(=O)Nc1ccc2c(c1)CC1(C2)C(=O)Nc2ncccc21)C(=O)C(C)(C)C. The van der Waals surface area contributed by atoms with Crippen LogP contribution in [0.3, 0.4) is 0 Å². The number of hydrogen-bond acceptors (Lipinski definition) is 6. The number of fused-ring (bicyclic) bond motifs is 3. The molecule has 3 aromatic rings. The van der Waals surface area contributed by atoms with E-state index in [2.05, 4.69) is 20.9 Å². The lowest BCUT2D eigenvalue weighted by atomic mass is 9.79. The summed E-state index contributed by atoms with van der Waals surface area (Å²) in [5, 5.41) is 8.66. The molecule has 0 fully saturated rings. The van der Waals surface area contributed by atoms with Crippen LogP contribution in [0.25, 0.3) is 0 Å². The monoisotopic (exact) mass is 611 g/mol. The van der Waals surface area contributed by atoms with Crippen molar-refractivity contribution in [3.63, 3.8) is 0 Å². The van der Waals surface area contributed by atoms with Gasteiger partial charge in [0.1, 0.15) is 18.0 Å². The van der Waals surface area contributed by atoms with Crippen molar-refractivity contribution in [3.05, 3.63) is 88.6 Å². The summed E-state index contributed by atoms with van der Waals surface area (Å²) in [5.41, 5.74) is 3.13. The van der Waals surface area contributed by atoms with Gasteiger partial charge in [0.05, 0.1) is 5.41 Å². The fourth-order valence-electron chi connectivity index (χ4n) is 5.96. The third-order valence-electron chi connectivity index (χ3n) is 8.03. The molecule has 1 unspecified atom stereocenters. The quantitative estimate of drug-likeness (QED) is 0.341. The number of aromatic nitrogens is 1. The van der Waals surface area contributed by atoms with E-state index in [1.165, 1.54) is 4.90 Å². The number of benzene rings is 2. The molecule has 0 saturated carbocycles. The van der Waals surface area contributed by atoms with E-state index in [9.17, 15) is 19.2 Å². The number of alkyl carbamates (subject to hydrolysis) is 1. The maximum atomic E-state index is 13.5. The molecule has 4 amide bonds. The van der Waals surface area contributed by atoms with Gasteiger partial charge in [-0.25, -0.2) is 9.78 Å². The molecular formula is C35H41N5O5. The van der Waals surface area contributed by atoms with Gasteiger partial charge >= 0.3 is 6.09 Å². The molecule has 2 heterocycles. The largest absolute Gasteiger partial charge is 0.444 e. The van der Waals surface area contributed by atoms with Crippen LogP contribution >= 0.6 is 0 Å². The molecule has 1 atom stereocenters. The van der Waals surface area contributed by atoms with Crippen molar-refractivity contribution in [2.24, 2.45) is 5.41 Å². The number of amides is 4. The standard InChI is InChI=1S/C35H41N5O5/c1-33(2,3)31(43)40(20-24-11-8-7-10-23(24)19-37-32(44)45-34(4,5)6)21-28(41)38-26-14-13-22-17-35(18-25(22)16-26)27-12-9-15-36-29(27)39-30(35)42/h7-16H,17-21H2,1-6H3,(H,37,44)(H,38,41)(H,36,39,42). The van der Waals surface area contributed by atoms with Crippen LogP contribution in [0.5, 0.6) is 0 Å². The van der Waals surface area contributed by atoms with E-state index in [1.807, 2.05) is 75.4 Å². The molecule has 5 rings (SSSR count). The van der Waals surface area contributed by atoms with Crippen LogP contribution < -0.4 is 16.0 Å². The molecule has 3 N–H and O–H groups in total. The normalized spacial score (nSPS) is 16.9. The first-order chi connectivity index (χ1) is 21.1. The van der Waals surface area contributed by atoms with Crippen LogP contribution in [0.4, 0.5) is 16.3 Å². The lowest BCUT2D eigenvalue weighted by Crippen LogP contribution is -2.43. The van der Waals surface area contributed by atoms with Gasteiger partial charge in [-0.1, -0.05) is 57.2 Å². The zero-order chi connectivity index (χ0) is 32.6. The van der Waals surface area contributed by atoms with Crippen molar-refractivity contribution in [1.29, 1.82) is 0 Å².